The van der Waals surface area contributed by atoms with Gasteiger partial charge in [-0.2, -0.15) is 13.2 Å². The van der Waals surface area contributed by atoms with Gasteiger partial charge in [0.25, 0.3) is 0 Å². The van der Waals surface area contributed by atoms with E-state index < -0.39 is 11.7 Å². The van der Waals surface area contributed by atoms with E-state index >= 15 is 0 Å². The van der Waals surface area contributed by atoms with E-state index in [-0.39, 0.29) is 0 Å². The van der Waals surface area contributed by atoms with Crippen LogP contribution in [-0.4, -0.2) is 4.98 Å². The average molecular weight is 294 g/mol. The fourth-order valence-corrected chi connectivity index (χ4v) is 2.90. The fraction of sp³-hybridized carbons (Fsp3) is 0.0714. The van der Waals surface area contributed by atoms with Crippen LogP contribution in [-0.2, 0) is 6.18 Å². The van der Waals surface area contributed by atoms with Crippen LogP contribution in [0.5, 0.6) is 0 Å². The molecule has 0 aliphatic carbocycles. The summed E-state index contributed by atoms with van der Waals surface area (Å²) < 4.78 is 38.7. The van der Waals surface area contributed by atoms with Gasteiger partial charge in [0.05, 0.1) is 15.8 Å². The molecule has 102 valence electrons. The Morgan fingerprint density at radius 3 is 2.50 bits per heavy atom. The molecule has 0 amide bonds. The molecule has 1 heterocycles. The molecule has 3 rings (SSSR count). The van der Waals surface area contributed by atoms with E-state index in [4.69, 9.17) is 5.73 Å². The molecule has 0 bridgehead atoms. The summed E-state index contributed by atoms with van der Waals surface area (Å²) in [5, 5.41) is 0.623. The largest absolute Gasteiger partial charge is 0.416 e. The number of alkyl halides is 3. The van der Waals surface area contributed by atoms with Crippen molar-refractivity contribution in [1.29, 1.82) is 0 Å². The summed E-state index contributed by atoms with van der Waals surface area (Å²) in [7, 11) is 0. The van der Waals surface area contributed by atoms with Crippen LogP contribution in [0.2, 0.25) is 0 Å². The molecular weight excluding hydrogens is 285 g/mol. The molecule has 0 atom stereocenters. The lowest BCUT2D eigenvalue weighted by molar-refractivity contribution is -0.137. The molecule has 0 aliphatic rings. The quantitative estimate of drug-likeness (QED) is 0.668. The minimum Gasteiger partial charge on any atom is -0.398 e. The number of nitrogen functional groups attached to an aromatic ring is 1. The van der Waals surface area contributed by atoms with Gasteiger partial charge in [0.1, 0.15) is 5.01 Å². The fourth-order valence-electron chi connectivity index (χ4n) is 1.91. The van der Waals surface area contributed by atoms with Crippen molar-refractivity contribution in [2.24, 2.45) is 0 Å². The van der Waals surface area contributed by atoms with E-state index in [1.807, 2.05) is 6.07 Å². The molecule has 1 aromatic heterocycles. The zero-order valence-corrected chi connectivity index (χ0v) is 10.9. The molecule has 0 fully saturated rings. The van der Waals surface area contributed by atoms with Gasteiger partial charge in [-0.15, -0.1) is 11.3 Å². The topological polar surface area (TPSA) is 38.9 Å². The van der Waals surface area contributed by atoms with Crippen LogP contribution in [0.15, 0.2) is 42.5 Å². The molecule has 0 saturated carbocycles. The maximum absolute atomic E-state index is 12.7. The van der Waals surface area contributed by atoms with Crippen LogP contribution in [0.1, 0.15) is 5.56 Å². The van der Waals surface area contributed by atoms with Gasteiger partial charge in [0.15, 0.2) is 0 Å². The first-order chi connectivity index (χ1) is 9.45. The van der Waals surface area contributed by atoms with E-state index in [0.29, 0.717) is 20.9 Å². The molecule has 0 radical (unpaired) electrons. The second-order valence-electron chi connectivity index (χ2n) is 4.29. The Labute approximate surface area is 116 Å². The van der Waals surface area contributed by atoms with Crippen LogP contribution < -0.4 is 5.73 Å². The van der Waals surface area contributed by atoms with Crippen LogP contribution in [0.4, 0.5) is 18.9 Å². The number of fused-ring (bicyclic) bond motifs is 1. The molecule has 20 heavy (non-hydrogen) atoms. The highest BCUT2D eigenvalue weighted by Gasteiger charge is 2.30. The third kappa shape index (κ3) is 2.22. The summed E-state index contributed by atoms with van der Waals surface area (Å²) in [4.78, 5) is 4.26. The zero-order valence-electron chi connectivity index (χ0n) is 10.1. The Bertz CT molecular complexity index is 777. The third-order valence-electron chi connectivity index (χ3n) is 2.91. The first kappa shape index (κ1) is 12.9. The molecule has 6 heteroatoms. The van der Waals surface area contributed by atoms with E-state index in [2.05, 4.69) is 4.98 Å². The number of halogens is 3. The minimum absolute atomic E-state index is 0.336. The molecule has 2 nitrogen and oxygen atoms in total. The number of para-hydroxylation sites is 1. The Hall–Kier alpha value is -2.08. The van der Waals surface area contributed by atoms with Crippen LogP contribution in [0, 0.1) is 0 Å². The number of rotatable bonds is 1. The Morgan fingerprint density at radius 1 is 1.05 bits per heavy atom. The maximum atomic E-state index is 12.7. The summed E-state index contributed by atoms with van der Waals surface area (Å²) in [5.74, 6) is 0. The summed E-state index contributed by atoms with van der Waals surface area (Å²) in [6, 6.07) is 10.7. The highest BCUT2D eigenvalue weighted by molar-refractivity contribution is 7.21. The first-order valence-electron chi connectivity index (χ1n) is 5.78. The van der Waals surface area contributed by atoms with Crippen molar-refractivity contribution in [2.75, 3.05) is 5.73 Å². The average Bonchev–Trinajstić information content (AvgIpc) is 2.80. The molecule has 0 saturated heterocycles. The SMILES string of the molecule is Nc1ccccc1-c1nc2cc(C(F)(F)F)ccc2s1. The normalized spacial score (nSPS) is 11.9. The van der Waals surface area contributed by atoms with Gasteiger partial charge in [-0.05, 0) is 30.3 Å². The van der Waals surface area contributed by atoms with Gasteiger partial charge in [0.2, 0.25) is 0 Å². The van der Waals surface area contributed by atoms with Crippen molar-refractivity contribution in [1.82, 2.24) is 4.98 Å². The number of nitrogens with zero attached hydrogens (tertiary/aromatic N) is 1. The standard InChI is InChI=1S/C14H9F3N2S/c15-14(16,17)8-5-6-12-11(7-8)19-13(20-12)9-3-1-2-4-10(9)18/h1-7H,18H2. The summed E-state index contributed by atoms with van der Waals surface area (Å²) in [6.45, 7) is 0. The summed E-state index contributed by atoms with van der Waals surface area (Å²) in [5.41, 5.74) is 6.80. The predicted molar refractivity (Wildman–Crippen MR) is 74.5 cm³/mol. The highest BCUT2D eigenvalue weighted by atomic mass is 32.1. The Balaban J connectivity index is 2.14. The molecule has 0 aliphatic heterocycles. The number of aromatic nitrogens is 1. The van der Waals surface area contributed by atoms with Crippen LogP contribution in [0.3, 0.4) is 0 Å². The third-order valence-corrected chi connectivity index (χ3v) is 3.98. The van der Waals surface area contributed by atoms with E-state index in [9.17, 15) is 13.2 Å². The van der Waals surface area contributed by atoms with Gasteiger partial charge < -0.3 is 5.73 Å². The highest BCUT2D eigenvalue weighted by Crippen LogP contribution is 2.36. The molecule has 2 aromatic carbocycles. The number of thiazole rings is 1. The lowest BCUT2D eigenvalue weighted by Crippen LogP contribution is -2.03. The molecule has 0 unspecified atom stereocenters. The predicted octanol–water partition coefficient (Wildman–Crippen LogP) is 4.56. The van der Waals surface area contributed by atoms with Gasteiger partial charge in [-0.1, -0.05) is 12.1 Å². The van der Waals surface area contributed by atoms with Crippen molar-refractivity contribution in [3.63, 3.8) is 0 Å². The molecular formula is C14H9F3N2S. The second-order valence-corrected chi connectivity index (χ2v) is 5.32. The maximum Gasteiger partial charge on any atom is 0.416 e. The summed E-state index contributed by atoms with van der Waals surface area (Å²) in [6.07, 6.45) is -4.36. The number of nitrogens with two attached hydrogens (primary N) is 1. The first-order valence-corrected chi connectivity index (χ1v) is 6.59. The van der Waals surface area contributed by atoms with Crippen molar-refractivity contribution in [3.05, 3.63) is 48.0 Å². The van der Waals surface area contributed by atoms with Gasteiger partial charge >= 0.3 is 6.18 Å². The van der Waals surface area contributed by atoms with Crippen LogP contribution in [0.25, 0.3) is 20.8 Å². The van der Waals surface area contributed by atoms with Gasteiger partial charge in [0, 0.05) is 11.3 Å². The number of hydrogen-bond acceptors (Lipinski definition) is 3. The van der Waals surface area contributed by atoms with Crippen molar-refractivity contribution in [3.8, 4) is 10.6 Å². The van der Waals surface area contributed by atoms with Crippen molar-refractivity contribution < 1.29 is 13.2 Å². The zero-order chi connectivity index (χ0) is 14.3. The minimum atomic E-state index is -4.36. The van der Waals surface area contributed by atoms with E-state index in [0.717, 1.165) is 17.7 Å². The number of benzene rings is 2. The lowest BCUT2D eigenvalue weighted by Gasteiger charge is -2.04. The smallest absolute Gasteiger partial charge is 0.398 e. The van der Waals surface area contributed by atoms with E-state index in [1.54, 1.807) is 18.2 Å². The Kier molecular flexibility index (Phi) is 2.90. The van der Waals surface area contributed by atoms with Crippen molar-refractivity contribution >= 4 is 27.2 Å². The number of hydrogen-bond donors (Lipinski definition) is 1. The number of anilines is 1. The van der Waals surface area contributed by atoms with Crippen LogP contribution >= 0.6 is 11.3 Å². The molecule has 2 N–H and O–H groups in total. The van der Waals surface area contributed by atoms with E-state index in [1.165, 1.54) is 17.4 Å². The van der Waals surface area contributed by atoms with Crippen molar-refractivity contribution in [2.45, 2.75) is 6.18 Å². The lowest BCUT2D eigenvalue weighted by atomic mass is 10.2. The second kappa shape index (κ2) is 4.49. The van der Waals surface area contributed by atoms with Gasteiger partial charge in [-0.25, -0.2) is 4.98 Å². The molecule has 0 spiro atoms. The van der Waals surface area contributed by atoms with Gasteiger partial charge in [-0.3, -0.25) is 0 Å². The molecule has 3 aromatic rings. The Morgan fingerprint density at radius 2 is 1.80 bits per heavy atom. The summed E-state index contributed by atoms with van der Waals surface area (Å²) >= 11 is 1.33. The monoisotopic (exact) mass is 294 g/mol.